The number of carbonyl (C=O) groups is 2. The van der Waals surface area contributed by atoms with E-state index in [2.05, 4.69) is 0 Å². The number of sulfone groups is 1. The molecule has 0 aromatic heterocycles. The molecule has 6 nitrogen and oxygen atoms in total. The van der Waals surface area contributed by atoms with E-state index in [1.54, 1.807) is 76.7 Å². The Hall–Kier alpha value is -4.54. The van der Waals surface area contributed by atoms with Gasteiger partial charge in [0.05, 0.1) is 16.0 Å². The van der Waals surface area contributed by atoms with Crippen LogP contribution < -0.4 is 0 Å². The molecule has 6 rings (SSSR count). The highest BCUT2D eigenvalue weighted by atomic mass is 32.2. The van der Waals surface area contributed by atoms with Gasteiger partial charge in [-0.15, -0.1) is 11.8 Å². The van der Waals surface area contributed by atoms with Gasteiger partial charge in [-0.05, 0) is 125 Å². The molecular weight excluding hydrogens is 679 g/mol. The van der Waals surface area contributed by atoms with Gasteiger partial charge >= 0.3 is 0 Å². The first-order valence-corrected chi connectivity index (χ1v) is 18.9. The summed E-state index contributed by atoms with van der Waals surface area (Å²) in [5.41, 5.74) is 2.76. The molecule has 0 fully saturated rings. The van der Waals surface area contributed by atoms with Crippen molar-refractivity contribution in [3.05, 3.63) is 130 Å². The number of ketones is 2. The summed E-state index contributed by atoms with van der Waals surface area (Å²) in [6.07, 6.45) is 3.17. The molecule has 0 saturated heterocycles. The first-order chi connectivity index (χ1) is 23.3. The maximum absolute atomic E-state index is 13.7. The Morgan fingerprint density at radius 1 is 0.620 bits per heavy atom. The summed E-state index contributed by atoms with van der Waals surface area (Å²) in [5.74, 6) is -0.348. The Labute approximate surface area is 296 Å². The van der Waals surface area contributed by atoms with Crippen molar-refractivity contribution in [2.24, 2.45) is 0 Å². The third kappa shape index (κ3) is 7.32. The predicted molar refractivity (Wildman–Crippen MR) is 194 cm³/mol. The molecule has 2 aliphatic heterocycles. The van der Waals surface area contributed by atoms with E-state index in [1.165, 1.54) is 41.3 Å². The van der Waals surface area contributed by atoms with E-state index >= 15 is 0 Å². The zero-order valence-corrected chi connectivity index (χ0v) is 30.7. The highest BCUT2D eigenvalue weighted by molar-refractivity contribution is 7.98. The van der Waals surface area contributed by atoms with E-state index in [4.69, 9.17) is 9.47 Å². The number of thioether (sulfide) groups is 1. The minimum absolute atomic E-state index is 0.130. The summed E-state index contributed by atoms with van der Waals surface area (Å²) in [6, 6.07) is 22.6. The van der Waals surface area contributed by atoms with Crippen molar-refractivity contribution in [1.29, 1.82) is 0 Å². The number of halogens is 2. The van der Waals surface area contributed by atoms with Crippen LogP contribution in [0.3, 0.4) is 0 Å². The highest BCUT2D eigenvalue weighted by Gasteiger charge is 2.44. The largest absolute Gasteiger partial charge is 0.478 e. The molecule has 0 radical (unpaired) electrons. The summed E-state index contributed by atoms with van der Waals surface area (Å²) >= 11 is 1.67. The Kier molecular flexibility index (Phi) is 10.0. The molecule has 4 aromatic carbocycles. The van der Waals surface area contributed by atoms with Gasteiger partial charge in [-0.3, -0.25) is 9.59 Å². The first kappa shape index (κ1) is 36.7. The molecule has 2 heterocycles. The summed E-state index contributed by atoms with van der Waals surface area (Å²) in [4.78, 5) is 27.0. The normalized spacial score (nSPS) is 16.6. The number of carbonyl (C=O) groups excluding carboxylic acids is 2. The third-order valence-corrected chi connectivity index (χ3v) is 10.6. The minimum atomic E-state index is -3.35. The molecular formula is C40H38F2O6S2. The summed E-state index contributed by atoms with van der Waals surface area (Å²) < 4.78 is 62.9. The molecule has 0 bridgehead atoms. The van der Waals surface area contributed by atoms with Gasteiger partial charge in [0, 0.05) is 22.3 Å². The van der Waals surface area contributed by atoms with Crippen LogP contribution in [-0.2, 0) is 28.9 Å². The van der Waals surface area contributed by atoms with Crippen LogP contribution in [0.25, 0.3) is 22.7 Å². The van der Waals surface area contributed by atoms with Gasteiger partial charge < -0.3 is 9.47 Å². The van der Waals surface area contributed by atoms with E-state index in [9.17, 15) is 26.8 Å². The SMILES string of the molecule is CSc1ccc(C2=C(c3cccc(F)c3)C(=O)C(C)(C)O2)cc1C.Cc1cc(C2=C(c3cccc(F)c3)C(=O)C(C)(C)O2)ccc1S(C)(=O)=O. The van der Waals surface area contributed by atoms with Crippen molar-refractivity contribution in [2.45, 2.75) is 62.5 Å². The number of hydrogen-bond acceptors (Lipinski definition) is 7. The first-order valence-electron chi connectivity index (χ1n) is 15.8. The van der Waals surface area contributed by atoms with Gasteiger partial charge in [-0.1, -0.05) is 30.3 Å². The van der Waals surface area contributed by atoms with E-state index in [1.807, 2.05) is 31.4 Å². The summed E-state index contributed by atoms with van der Waals surface area (Å²) in [5, 5.41) is 0. The lowest BCUT2D eigenvalue weighted by molar-refractivity contribution is -0.125. The van der Waals surface area contributed by atoms with Gasteiger partial charge in [0.2, 0.25) is 11.6 Å². The number of hydrogen-bond donors (Lipinski definition) is 0. The van der Waals surface area contributed by atoms with Crippen molar-refractivity contribution < 1.29 is 36.3 Å². The number of ether oxygens (including phenoxy) is 2. The van der Waals surface area contributed by atoms with Crippen molar-refractivity contribution >= 4 is 55.8 Å². The third-order valence-electron chi connectivity index (χ3n) is 8.44. The van der Waals surface area contributed by atoms with Crippen LogP contribution in [0.15, 0.2) is 94.7 Å². The molecule has 0 amide bonds. The monoisotopic (exact) mass is 716 g/mol. The lowest BCUT2D eigenvalue weighted by Gasteiger charge is -2.18. The van der Waals surface area contributed by atoms with Crippen LogP contribution in [0.4, 0.5) is 8.78 Å². The van der Waals surface area contributed by atoms with Crippen molar-refractivity contribution in [3.63, 3.8) is 0 Å². The topological polar surface area (TPSA) is 86.7 Å². The van der Waals surface area contributed by atoms with Gasteiger partial charge in [-0.25, -0.2) is 17.2 Å². The van der Waals surface area contributed by atoms with E-state index < -0.39 is 26.9 Å². The predicted octanol–water partition coefficient (Wildman–Crippen LogP) is 8.89. The Morgan fingerprint density at radius 3 is 1.44 bits per heavy atom. The Morgan fingerprint density at radius 2 is 1.06 bits per heavy atom. The second-order valence-electron chi connectivity index (χ2n) is 13.2. The van der Waals surface area contributed by atoms with Gasteiger partial charge in [0.1, 0.15) is 23.2 Å². The van der Waals surface area contributed by atoms with Crippen LogP contribution in [0, 0.1) is 25.5 Å². The average Bonchev–Trinajstić information content (AvgIpc) is 3.43. The van der Waals surface area contributed by atoms with Gasteiger partial charge in [0.15, 0.2) is 21.0 Å². The van der Waals surface area contributed by atoms with Gasteiger partial charge in [-0.2, -0.15) is 0 Å². The zero-order valence-electron chi connectivity index (χ0n) is 29.1. The number of benzene rings is 4. The summed E-state index contributed by atoms with van der Waals surface area (Å²) in [7, 11) is -3.35. The van der Waals surface area contributed by atoms with Crippen LogP contribution >= 0.6 is 11.8 Å². The van der Waals surface area contributed by atoms with Crippen molar-refractivity contribution in [1.82, 2.24) is 0 Å². The standard InChI is InChI=1S/C20H19FO4S.C20H19FO2S/c1-12-10-14(8-9-16(12)26(4,23)24)18-17(19(22)20(2,3)25-18)13-6-5-7-15(21)11-13;1-12-10-14(8-9-16(12)24-4)18-17(19(22)20(2,3)23-18)13-6-5-7-15(21)11-13/h5-11H,1-4H3;5-11H,1-4H3. The summed E-state index contributed by atoms with van der Waals surface area (Å²) in [6.45, 7) is 10.5. The molecule has 50 heavy (non-hydrogen) atoms. The average molecular weight is 717 g/mol. The molecule has 0 aliphatic carbocycles. The molecule has 0 N–H and O–H groups in total. The minimum Gasteiger partial charge on any atom is -0.478 e. The zero-order chi connectivity index (χ0) is 36.8. The molecule has 260 valence electrons. The lowest BCUT2D eigenvalue weighted by Crippen LogP contribution is -2.29. The molecule has 0 atom stereocenters. The molecule has 0 unspecified atom stereocenters. The molecule has 0 spiro atoms. The second kappa shape index (κ2) is 13.6. The van der Waals surface area contributed by atoms with Crippen molar-refractivity contribution in [3.8, 4) is 0 Å². The Bertz CT molecular complexity index is 2210. The molecule has 4 aromatic rings. The number of rotatable bonds is 6. The quantitative estimate of drug-likeness (QED) is 0.184. The number of aryl methyl sites for hydroxylation is 2. The fourth-order valence-corrected chi connectivity index (χ4v) is 7.50. The Balaban J connectivity index is 0.000000195. The second-order valence-corrected chi connectivity index (χ2v) is 16.1. The van der Waals surface area contributed by atoms with E-state index in [0.29, 0.717) is 44.9 Å². The van der Waals surface area contributed by atoms with Crippen LogP contribution in [0.2, 0.25) is 0 Å². The molecule has 0 saturated carbocycles. The number of Topliss-reactive ketones (excluding diaryl/α,β-unsaturated/α-hetero) is 2. The van der Waals surface area contributed by atoms with Crippen LogP contribution in [-0.4, -0.2) is 43.7 Å². The van der Waals surface area contributed by atoms with E-state index in [-0.39, 0.29) is 22.3 Å². The van der Waals surface area contributed by atoms with Crippen LogP contribution in [0.1, 0.15) is 61.1 Å². The molecule has 10 heteroatoms. The fourth-order valence-electron chi connectivity index (χ4n) is 5.96. The highest BCUT2D eigenvalue weighted by Crippen LogP contribution is 2.43. The smallest absolute Gasteiger partial charge is 0.210 e. The van der Waals surface area contributed by atoms with Gasteiger partial charge in [0.25, 0.3) is 0 Å². The van der Waals surface area contributed by atoms with E-state index in [0.717, 1.165) is 17.4 Å². The maximum atomic E-state index is 13.7. The fraction of sp³-hybridized carbons (Fsp3) is 0.250. The maximum Gasteiger partial charge on any atom is 0.210 e. The molecule has 2 aliphatic rings. The lowest BCUT2D eigenvalue weighted by atomic mass is 9.92. The van der Waals surface area contributed by atoms with Crippen LogP contribution in [0.5, 0.6) is 0 Å². The van der Waals surface area contributed by atoms with Crippen molar-refractivity contribution in [2.75, 3.05) is 12.5 Å².